The molecular formula is C11H10Cl2N4O3S. The fraction of sp³-hybridized carbons (Fsp3) is 0.0909. The molecule has 0 aliphatic rings. The zero-order valence-corrected chi connectivity index (χ0v) is 13.0. The molecule has 0 saturated carbocycles. The smallest absolute Gasteiger partial charge is 0.258 e. The number of carbonyl (C=O) groups excluding carboxylic acids is 1. The summed E-state index contributed by atoms with van der Waals surface area (Å²) in [5.74, 6) is -0.827. The Balaban J connectivity index is 2.39. The lowest BCUT2D eigenvalue weighted by atomic mass is 10.2. The Morgan fingerprint density at radius 3 is 2.67 bits per heavy atom. The van der Waals surface area contributed by atoms with E-state index in [-0.39, 0.29) is 21.3 Å². The molecule has 0 radical (unpaired) electrons. The average Bonchev–Trinajstić information content (AvgIpc) is 2.73. The second kappa shape index (κ2) is 5.64. The average molecular weight is 349 g/mol. The number of rotatable bonds is 3. The van der Waals surface area contributed by atoms with E-state index >= 15 is 0 Å². The van der Waals surface area contributed by atoms with Crippen LogP contribution in [0.3, 0.4) is 0 Å². The molecule has 1 amide bonds. The number of nitrogens with two attached hydrogens (primary N) is 1. The molecule has 0 bridgehead atoms. The second-order valence-corrected chi connectivity index (χ2v) is 6.51. The Labute approximate surface area is 130 Å². The zero-order chi connectivity index (χ0) is 15.8. The molecule has 2 aromatic rings. The molecule has 0 fully saturated rings. The minimum Gasteiger partial charge on any atom is -0.304 e. The van der Waals surface area contributed by atoms with Crippen molar-refractivity contribution in [2.24, 2.45) is 12.2 Å². The minimum absolute atomic E-state index is 0.0928. The number of halogens is 2. The predicted octanol–water partition coefficient (Wildman–Crippen LogP) is 1.63. The summed E-state index contributed by atoms with van der Waals surface area (Å²) in [6, 6.07) is 4.34. The molecule has 0 aliphatic heterocycles. The van der Waals surface area contributed by atoms with Crippen molar-refractivity contribution in [3.05, 3.63) is 40.0 Å². The summed E-state index contributed by atoms with van der Waals surface area (Å²) in [4.78, 5) is 11.8. The molecule has 1 heterocycles. The highest BCUT2D eigenvalue weighted by Gasteiger charge is 2.21. The second-order valence-electron chi connectivity index (χ2n) is 4.14. The topological polar surface area (TPSA) is 107 Å². The maximum atomic E-state index is 12.1. The highest BCUT2D eigenvalue weighted by Crippen LogP contribution is 2.23. The Kier molecular flexibility index (Phi) is 4.24. The first kappa shape index (κ1) is 15.8. The number of nitrogens with one attached hydrogen (secondary N) is 1. The van der Waals surface area contributed by atoms with E-state index in [9.17, 15) is 13.2 Å². The lowest BCUT2D eigenvalue weighted by Gasteiger charge is -2.06. The first-order chi connectivity index (χ1) is 9.68. The molecule has 112 valence electrons. The van der Waals surface area contributed by atoms with Crippen LogP contribution in [0.2, 0.25) is 10.0 Å². The molecule has 0 spiro atoms. The monoisotopic (exact) mass is 348 g/mol. The van der Waals surface area contributed by atoms with Gasteiger partial charge in [-0.05, 0) is 18.2 Å². The molecule has 0 atom stereocenters. The Morgan fingerprint density at radius 2 is 2.05 bits per heavy atom. The van der Waals surface area contributed by atoms with Crippen molar-refractivity contribution in [3.8, 4) is 0 Å². The van der Waals surface area contributed by atoms with Crippen molar-refractivity contribution in [1.29, 1.82) is 0 Å². The summed E-state index contributed by atoms with van der Waals surface area (Å²) in [7, 11) is -2.52. The van der Waals surface area contributed by atoms with E-state index in [0.29, 0.717) is 5.02 Å². The molecule has 0 unspecified atom stereocenters. The summed E-state index contributed by atoms with van der Waals surface area (Å²) in [5, 5.41) is 11.7. The third-order valence-electron chi connectivity index (χ3n) is 2.51. The molecule has 1 aromatic carbocycles. The molecule has 3 N–H and O–H groups in total. The van der Waals surface area contributed by atoms with Crippen LogP contribution in [0.5, 0.6) is 0 Å². The van der Waals surface area contributed by atoms with E-state index in [1.807, 2.05) is 0 Å². The summed E-state index contributed by atoms with van der Waals surface area (Å²) in [5.41, 5.74) is 0.0928. The van der Waals surface area contributed by atoms with Crippen LogP contribution in [-0.2, 0) is 17.1 Å². The van der Waals surface area contributed by atoms with E-state index in [0.717, 1.165) is 0 Å². The maximum absolute atomic E-state index is 12.1. The molecule has 21 heavy (non-hydrogen) atoms. The highest BCUT2D eigenvalue weighted by molar-refractivity contribution is 7.89. The van der Waals surface area contributed by atoms with E-state index < -0.39 is 15.9 Å². The van der Waals surface area contributed by atoms with Gasteiger partial charge in [-0.25, -0.2) is 13.6 Å². The summed E-state index contributed by atoms with van der Waals surface area (Å²) < 4.78 is 24.1. The molecule has 1 aromatic heterocycles. The third kappa shape index (κ3) is 3.53. The van der Waals surface area contributed by atoms with Gasteiger partial charge in [0.1, 0.15) is 4.90 Å². The van der Waals surface area contributed by atoms with Crippen LogP contribution in [0, 0.1) is 0 Å². The standard InChI is InChI=1S/C11H10Cl2N4O3S/c1-17-5-9(21(14,19)20)10(16-17)15-11(18)7-4-6(12)2-3-8(7)13/h2-5H,1H3,(H2,14,19,20)(H,15,16,18). The third-order valence-corrected chi connectivity index (χ3v) is 3.98. The van der Waals surface area contributed by atoms with Crippen molar-refractivity contribution in [2.75, 3.05) is 5.32 Å². The maximum Gasteiger partial charge on any atom is 0.258 e. The van der Waals surface area contributed by atoms with Crippen LogP contribution in [0.25, 0.3) is 0 Å². The molecule has 10 heteroatoms. The number of amides is 1. The molecule has 0 aliphatic carbocycles. The van der Waals surface area contributed by atoms with Gasteiger partial charge in [-0.15, -0.1) is 0 Å². The van der Waals surface area contributed by atoms with E-state index in [1.54, 1.807) is 0 Å². The number of aromatic nitrogens is 2. The van der Waals surface area contributed by atoms with Crippen molar-refractivity contribution < 1.29 is 13.2 Å². The normalized spacial score (nSPS) is 11.4. The largest absolute Gasteiger partial charge is 0.304 e. The Bertz CT molecular complexity index is 817. The van der Waals surface area contributed by atoms with Gasteiger partial charge in [0.15, 0.2) is 5.82 Å². The van der Waals surface area contributed by atoms with Gasteiger partial charge in [-0.2, -0.15) is 5.10 Å². The fourth-order valence-corrected chi connectivity index (χ4v) is 2.64. The van der Waals surface area contributed by atoms with Gasteiger partial charge in [0, 0.05) is 18.3 Å². The Morgan fingerprint density at radius 1 is 1.38 bits per heavy atom. The molecule has 7 nitrogen and oxygen atoms in total. The van der Waals surface area contributed by atoms with Crippen LogP contribution in [0.1, 0.15) is 10.4 Å². The van der Waals surface area contributed by atoms with Gasteiger partial charge in [0.2, 0.25) is 10.0 Å². The van der Waals surface area contributed by atoms with Gasteiger partial charge in [-0.3, -0.25) is 9.48 Å². The molecule has 2 rings (SSSR count). The SMILES string of the molecule is Cn1cc(S(N)(=O)=O)c(NC(=O)c2cc(Cl)ccc2Cl)n1. The number of sulfonamides is 1. The van der Waals surface area contributed by atoms with Crippen LogP contribution in [-0.4, -0.2) is 24.1 Å². The van der Waals surface area contributed by atoms with Gasteiger partial charge >= 0.3 is 0 Å². The van der Waals surface area contributed by atoms with Crippen molar-refractivity contribution in [1.82, 2.24) is 9.78 Å². The summed E-state index contributed by atoms with van der Waals surface area (Å²) in [6.07, 6.45) is 1.19. The van der Waals surface area contributed by atoms with E-state index in [1.165, 1.54) is 36.1 Å². The van der Waals surface area contributed by atoms with Crippen molar-refractivity contribution in [2.45, 2.75) is 4.90 Å². The fourth-order valence-electron chi connectivity index (χ4n) is 1.61. The quantitative estimate of drug-likeness (QED) is 0.878. The number of aryl methyl sites for hydroxylation is 1. The number of primary sulfonamides is 1. The van der Waals surface area contributed by atoms with Gasteiger partial charge < -0.3 is 5.32 Å². The lowest BCUT2D eigenvalue weighted by molar-refractivity contribution is 0.102. The number of carbonyl (C=O) groups is 1. The van der Waals surface area contributed by atoms with Crippen LogP contribution in [0.4, 0.5) is 5.82 Å². The van der Waals surface area contributed by atoms with Gasteiger partial charge in [0.05, 0.1) is 10.6 Å². The zero-order valence-electron chi connectivity index (χ0n) is 10.7. The number of hydrogen-bond donors (Lipinski definition) is 2. The lowest BCUT2D eigenvalue weighted by Crippen LogP contribution is -2.18. The minimum atomic E-state index is -4.02. The van der Waals surface area contributed by atoms with Crippen molar-refractivity contribution >= 4 is 45.0 Å². The van der Waals surface area contributed by atoms with Gasteiger partial charge in [0.25, 0.3) is 5.91 Å². The first-order valence-corrected chi connectivity index (χ1v) is 7.81. The first-order valence-electron chi connectivity index (χ1n) is 5.51. The van der Waals surface area contributed by atoms with E-state index in [2.05, 4.69) is 10.4 Å². The van der Waals surface area contributed by atoms with Crippen LogP contribution < -0.4 is 10.5 Å². The van der Waals surface area contributed by atoms with Crippen LogP contribution >= 0.6 is 23.2 Å². The summed E-state index contributed by atoms with van der Waals surface area (Å²) >= 11 is 11.7. The number of nitrogens with zero attached hydrogens (tertiary/aromatic N) is 2. The molecule has 0 saturated heterocycles. The summed E-state index contributed by atoms with van der Waals surface area (Å²) in [6.45, 7) is 0. The highest BCUT2D eigenvalue weighted by atomic mass is 35.5. The number of hydrogen-bond acceptors (Lipinski definition) is 4. The predicted molar refractivity (Wildman–Crippen MR) is 79.0 cm³/mol. The number of benzene rings is 1. The van der Waals surface area contributed by atoms with Crippen molar-refractivity contribution in [3.63, 3.8) is 0 Å². The molecular weight excluding hydrogens is 339 g/mol. The Hall–Kier alpha value is -1.61. The van der Waals surface area contributed by atoms with Gasteiger partial charge in [-0.1, -0.05) is 23.2 Å². The number of anilines is 1. The van der Waals surface area contributed by atoms with Crippen LogP contribution in [0.15, 0.2) is 29.3 Å². The van der Waals surface area contributed by atoms with E-state index in [4.69, 9.17) is 28.3 Å².